The highest BCUT2D eigenvalue weighted by Crippen LogP contribution is 2.46. The molecule has 0 bridgehead atoms. The standard InChI is InChI=1S/C35H36ClF7N8O3/c1-32(2,3)17-34(22-9-6-19(7-10-22)21-14-46-49(15-21)30(39)40)29(53)50(31(44)48-34)25(16-54-26(52)13-33(4,5)35(41,42)43)20-8-11-23(36)24(12-20)51-28(27(37)38)45-18-47-51/h6-12,14-15,18,25,27,30H,13,16-17H2,1-5H3,(H2,44,48)/t25-,34-/m1/s1. The van der Waals surface area contributed by atoms with Gasteiger partial charge in [0.2, 0.25) is 0 Å². The first-order valence-electron chi connectivity index (χ1n) is 16.4. The van der Waals surface area contributed by atoms with Crippen molar-refractivity contribution in [3.63, 3.8) is 0 Å². The average Bonchev–Trinajstić information content (AvgIpc) is 3.81. The summed E-state index contributed by atoms with van der Waals surface area (Å²) in [7, 11) is 0. The number of nitrogens with zero attached hydrogens (tertiary/aromatic N) is 7. The van der Waals surface area contributed by atoms with Crippen LogP contribution in [0.5, 0.6) is 0 Å². The van der Waals surface area contributed by atoms with Gasteiger partial charge in [0.1, 0.15) is 12.9 Å². The first-order valence-corrected chi connectivity index (χ1v) is 16.7. The number of carbonyl (C=O) groups is 2. The number of nitrogens with two attached hydrogens (primary N) is 1. The van der Waals surface area contributed by atoms with Crippen LogP contribution in [0.3, 0.4) is 0 Å². The zero-order chi connectivity index (χ0) is 40.0. The molecule has 2 aromatic carbocycles. The average molecular weight is 785 g/mol. The number of aromatic nitrogens is 5. The Hall–Kier alpha value is -5.00. The van der Waals surface area contributed by atoms with E-state index in [1.165, 1.54) is 24.4 Å². The van der Waals surface area contributed by atoms with E-state index in [1.54, 1.807) is 24.3 Å². The number of carbonyl (C=O) groups excluding carboxylic acids is 2. The minimum absolute atomic E-state index is 0.0514. The van der Waals surface area contributed by atoms with E-state index >= 15 is 0 Å². The number of aliphatic imine (C=N–C) groups is 1. The van der Waals surface area contributed by atoms with Crippen LogP contribution in [0.2, 0.25) is 5.02 Å². The maximum absolute atomic E-state index is 14.9. The van der Waals surface area contributed by atoms with Gasteiger partial charge in [-0.3, -0.25) is 14.5 Å². The van der Waals surface area contributed by atoms with Crippen LogP contribution >= 0.6 is 11.6 Å². The molecule has 2 N–H and O–H groups in total. The predicted molar refractivity (Wildman–Crippen MR) is 183 cm³/mol. The fraction of sp³-hybridized carbons (Fsp3) is 0.429. The topological polar surface area (TPSA) is 134 Å². The van der Waals surface area contributed by atoms with Crippen molar-refractivity contribution in [2.75, 3.05) is 6.61 Å². The Balaban J connectivity index is 1.59. The summed E-state index contributed by atoms with van der Waals surface area (Å²) >= 11 is 6.40. The third-order valence-corrected chi connectivity index (χ3v) is 9.15. The minimum Gasteiger partial charge on any atom is -0.463 e. The highest BCUT2D eigenvalue weighted by Gasteiger charge is 2.53. The maximum atomic E-state index is 14.9. The molecule has 0 unspecified atom stereocenters. The van der Waals surface area contributed by atoms with Gasteiger partial charge in [-0.15, -0.1) is 0 Å². The third-order valence-electron chi connectivity index (χ3n) is 8.83. The normalized spacial score (nSPS) is 17.4. The van der Waals surface area contributed by atoms with Crippen LogP contribution in [-0.4, -0.2) is 60.1 Å². The van der Waals surface area contributed by atoms with Crippen molar-refractivity contribution in [1.29, 1.82) is 0 Å². The van der Waals surface area contributed by atoms with Crippen molar-refractivity contribution in [1.82, 2.24) is 29.4 Å². The van der Waals surface area contributed by atoms with Crippen molar-refractivity contribution in [3.05, 3.63) is 83.2 Å². The van der Waals surface area contributed by atoms with Crippen LogP contribution in [0.15, 0.2) is 66.2 Å². The highest BCUT2D eigenvalue weighted by atomic mass is 35.5. The van der Waals surface area contributed by atoms with E-state index in [4.69, 9.17) is 22.1 Å². The van der Waals surface area contributed by atoms with Gasteiger partial charge in [0.15, 0.2) is 17.3 Å². The second kappa shape index (κ2) is 14.7. The number of ether oxygens (including phenoxy) is 1. The molecule has 0 fully saturated rings. The van der Waals surface area contributed by atoms with E-state index in [0.29, 0.717) is 21.4 Å². The summed E-state index contributed by atoms with van der Waals surface area (Å²) in [4.78, 5) is 37.1. The van der Waals surface area contributed by atoms with Crippen LogP contribution in [0.4, 0.5) is 30.7 Å². The number of amides is 1. The second-order valence-electron chi connectivity index (χ2n) is 14.6. The Morgan fingerprint density at radius 1 is 0.981 bits per heavy atom. The summed E-state index contributed by atoms with van der Waals surface area (Å²) in [6.07, 6.45) is -5.48. The summed E-state index contributed by atoms with van der Waals surface area (Å²) in [5, 5.41) is 7.46. The first-order chi connectivity index (χ1) is 25.0. The quantitative estimate of drug-likeness (QED) is 0.113. The molecule has 290 valence electrons. The zero-order valence-electron chi connectivity index (χ0n) is 29.6. The lowest BCUT2D eigenvalue weighted by Gasteiger charge is -2.35. The maximum Gasteiger partial charge on any atom is 0.394 e. The first kappa shape index (κ1) is 40.2. The lowest BCUT2D eigenvalue weighted by molar-refractivity contribution is -0.217. The number of benzene rings is 2. The van der Waals surface area contributed by atoms with Gasteiger partial charge in [0.05, 0.1) is 34.8 Å². The molecule has 19 heteroatoms. The lowest BCUT2D eigenvalue weighted by atomic mass is 9.75. The molecule has 54 heavy (non-hydrogen) atoms. The lowest BCUT2D eigenvalue weighted by Crippen LogP contribution is -2.47. The van der Waals surface area contributed by atoms with Gasteiger partial charge in [-0.1, -0.05) is 76.6 Å². The summed E-state index contributed by atoms with van der Waals surface area (Å²) in [6, 6.07) is 9.02. The van der Waals surface area contributed by atoms with Crippen molar-refractivity contribution in [3.8, 4) is 16.8 Å². The largest absolute Gasteiger partial charge is 0.463 e. The predicted octanol–water partition coefficient (Wildman–Crippen LogP) is 8.17. The summed E-state index contributed by atoms with van der Waals surface area (Å²) in [6.45, 7) is 3.66. The molecule has 2 atom stereocenters. The smallest absolute Gasteiger partial charge is 0.394 e. The third kappa shape index (κ3) is 8.07. The van der Waals surface area contributed by atoms with Crippen LogP contribution in [0.25, 0.3) is 16.8 Å². The second-order valence-corrected chi connectivity index (χ2v) is 15.0. The molecular weight excluding hydrogens is 749 g/mol. The number of esters is 1. The highest BCUT2D eigenvalue weighted by molar-refractivity contribution is 6.32. The van der Waals surface area contributed by atoms with E-state index in [0.717, 1.165) is 36.0 Å². The number of hydrogen-bond donors (Lipinski definition) is 1. The fourth-order valence-electron chi connectivity index (χ4n) is 6.09. The summed E-state index contributed by atoms with van der Waals surface area (Å²) < 4.78 is 102. The summed E-state index contributed by atoms with van der Waals surface area (Å²) in [5.41, 5.74) is 3.06. The zero-order valence-corrected chi connectivity index (χ0v) is 30.3. The Labute approximate surface area is 309 Å². The molecular formula is C35H36ClF7N8O3. The van der Waals surface area contributed by atoms with Gasteiger partial charge in [-0.05, 0) is 40.7 Å². The molecule has 2 aromatic heterocycles. The van der Waals surface area contributed by atoms with Crippen LogP contribution in [-0.2, 0) is 19.9 Å². The molecule has 1 amide bonds. The Kier molecular flexibility index (Phi) is 10.9. The Bertz CT molecular complexity index is 2040. The van der Waals surface area contributed by atoms with Gasteiger partial charge < -0.3 is 10.5 Å². The van der Waals surface area contributed by atoms with Gasteiger partial charge in [0, 0.05) is 11.8 Å². The van der Waals surface area contributed by atoms with Gasteiger partial charge >= 0.3 is 18.7 Å². The number of alkyl halides is 7. The number of hydrogen-bond acceptors (Lipinski definition) is 8. The van der Waals surface area contributed by atoms with E-state index in [2.05, 4.69) is 20.2 Å². The molecule has 4 aromatic rings. The van der Waals surface area contributed by atoms with Gasteiger partial charge in [0.25, 0.3) is 12.3 Å². The van der Waals surface area contributed by atoms with Crippen molar-refractivity contribution < 1.29 is 45.1 Å². The number of halogens is 8. The van der Waals surface area contributed by atoms with Crippen molar-refractivity contribution in [2.24, 2.45) is 21.6 Å². The van der Waals surface area contributed by atoms with Crippen LogP contribution in [0.1, 0.15) is 83.4 Å². The Morgan fingerprint density at radius 2 is 1.65 bits per heavy atom. The molecule has 1 aliphatic heterocycles. The molecule has 0 saturated carbocycles. The number of guanidine groups is 1. The van der Waals surface area contributed by atoms with Gasteiger partial charge in [-0.25, -0.2) is 28.1 Å². The van der Waals surface area contributed by atoms with Crippen LogP contribution in [0, 0.1) is 10.8 Å². The van der Waals surface area contributed by atoms with Gasteiger partial charge in [-0.2, -0.15) is 32.1 Å². The molecule has 11 nitrogen and oxygen atoms in total. The number of rotatable bonds is 12. The minimum atomic E-state index is -4.75. The van der Waals surface area contributed by atoms with E-state index in [-0.39, 0.29) is 28.7 Å². The molecule has 0 radical (unpaired) electrons. The molecule has 1 aliphatic rings. The monoisotopic (exact) mass is 784 g/mol. The molecule has 0 saturated heterocycles. The summed E-state index contributed by atoms with van der Waals surface area (Å²) in [5.74, 6) is -3.02. The van der Waals surface area contributed by atoms with Crippen LogP contribution < -0.4 is 5.73 Å². The molecule has 3 heterocycles. The van der Waals surface area contributed by atoms with Crippen molar-refractivity contribution in [2.45, 2.75) is 78.2 Å². The van der Waals surface area contributed by atoms with Crippen molar-refractivity contribution >= 4 is 29.4 Å². The molecule has 5 rings (SSSR count). The fourth-order valence-corrected chi connectivity index (χ4v) is 6.29. The van der Waals surface area contributed by atoms with E-state index in [1.807, 2.05) is 20.8 Å². The molecule has 0 aliphatic carbocycles. The SMILES string of the molecule is CC(C)(C)C[C@]1(c2ccc(-c3cnn(C(F)F)c3)cc2)N=C(N)N([C@H](COC(=O)CC(C)(C)C(F)(F)F)c2ccc(Cl)c(-n3ncnc3C(F)F)c2)C1=O. The Morgan fingerprint density at radius 3 is 2.22 bits per heavy atom. The van der Waals surface area contributed by atoms with E-state index in [9.17, 15) is 40.3 Å². The van der Waals surface area contributed by atoms with E-state index < -0.39 is 72.3 Å². The molecule has 0 spiro atoms.